The van der Waals surface area contributed by atoms with Crippen molar-refractivity contribution >= 4 is 5.97 Å². The van der Waals surface area contributed by atoms with E-state index in [0.717, 1.165) is 6.42 Å². The van der Waals surface area contributed by atoms with Crippen LogP contribution in [0.1, 0.15) is 32.6 Å². The molecule has 4 N–H and O–H groups in total. The van der Waals surface area contributed by atoms with Crippen molar-refractivity contribution in [2.24, 2.45) is 0 Å². The zero-order valence-electron chi connectivity index (χ0n) is 11.9. The van der Waals surface area contributed by atoms with Gasteiger partial charge in [0.1, 0.15) is 31.0 Å². The Morgan fingerprint density at radius 2 is 1.86 bits per heavy atom. The maximum atomic E-state index is 11.5. The quantitative estimate of drug-likeness (QED) is 0.290. The largest absolute Gasteiger partial charge is 0.463 e. The first kappa shape index (κ1) is 17.9. The van der Waals surface area contributed by atoms with E-state index in [9.17, 15) is 25.2 Å². The van der Waals surface area contributed by atoms with Crippen LogP contribution < -0.4 is 0 Å². The molecule has 0 saturated carbocycles. The lowest BCUT2D eigenvalue weighted by Crippen LogP contribution is -2.58. The highest BCUT2D eigenvalue weighted by molar-refractivity contribution is 5.69. The van der Waals surface area contributed by atoms with Crippen molar-refractivity contribution in [3.05, 3.63) is 0 Å². The van der Waals surface area contributed by atoms with Crippen LogP contribution in [0.5, 0.6) is 0 Å². The number of rotatable bonds is 5. The zero-order valence-corrected chi connectivity index (χ0v) is 11.9. The summed E-state index contributed by atoms with van der Waals surface area (Å²) in [6, 6.07) is 0. The van der Waals surface area contributed by atoms with Gasteiger partial charge < -0.3 is 29.9 Å². The summed E-state index contributed by atoms with van der Waals surface area (Å²) in [4.78, 5) is 11.5. The van der Waals surface area contributed by atoms with Gasteiger partial charge in [0.05, 0.1) is 0 Å². The van der Waals surface area contributed by atoms with Gasteiger partial charge in [-0.05, 0) is 6.42 Å². The minimum Gasteiger partial charge on any atom is -0.463 e. The second kappa shape index (κ2) is 8.97. The molecular weight excluding hydrogens is 280 g/mol. The second-order valence-electron chi connectivity index (χ2n) is 4.78. The Balaban J connectivity index is 2.29. The summed E-state index contributed by atoms with van der Waals surface area (Å²) < 4.78 is 9.80. The number of ether oxygens (including phenoxy) is 2. The lowest BCUT2D eigenvalue weighted by Gasteiger charge is -2.37. The maximum Gasteiger partial charge on any atom is 0.305 e. The fourth-order valence-electron chi connectivity index (χ4n) is 1.85. The third-order valence-electron chi connectivity index (χ3n) is 3.08. The highest BCUT2D eigenvalue weighted by Crippen LogP contribution is 2.20. The van der Waals surface area contributed by atoms with Gasteiger partial charge in [-0.2, -0.15) is 0 Å². The molecule has 5 atom stereocenters. The van der Waals surface area contributed by atoms with Gasteiger partial charge in [0.2, 0.25) is 0 Å². The first-order valence-electron chi connectivity index (χ1n) is 6.96. The van der Waals surface area contributed by atoms with E-state index in [-0.39, 0.29) is 13.0 Å². The van der Waals surface area contributed by atoms with Gasteiger partial charge in [-0.15, -0.1) is 11.8 Å². The average Bonchev–Trinajstić information content (AvgIpc) is 2.47. The molecule has 0 aliphatic carbocycles. The number of esters is 1. The lowest BCUT2D eigenvalue weighted by molar-refractivity contribution is -0.287. The van der Waals surface area contributed by atoms with Crippen molar-refractivity contribution in [3.63, 3.8) is 0 Å². The topological polar surface area (TPSA) is 116 Å². The summed E-state index contributed by atoms with van der Waals surface area (Å²) in [5.74, 6) is 5.32. The predicted molar refractivity (Wildman–Crippen MR) is 71.8 cm³/mol. The van der Waals surface area contributed by atoms with E-state index in [1.54, 1.807) is 0 Å². The smallest absolute Gasteiger partial charge is 0.305 e. The summed E-state index contributed by atoms with van der Waals surface area (Å²) >= 11 is 0. The van der Waals surface area contributed by atoms with Crippen LogP contribution >= 0.6 is 0 Å². The molecule has 0 amide bonds. The Bertz CT molecular complexity index is 387. The molecule has 0 aromatic carbocycles. The molecule has 0 spiro atoms. The van der Waals surface area contributed by atoms with Crippen LogP contribution in [0.4, 0.5) is 0 Å². The number of unbranched alkanes of at least 4 members (excludes halogenated alkanes) is 1. The summed E-state index contributed by atoms with van der Waals surface area (Å²) in [7, 11) is 0. The Morgan fingerprint density at radius 1 is 1.14 bits per heavy atom. The normalized spacial score (nSPS) is 32.1. The minimum absolute atomic E-state index is 0.189. The molecule has 1 aliphatic heterocycles. The summed E-state index contributed by atoms with van der Waals surface area (Å²) in [5, 5.41) is 37.8. The molecule has 0 bridgehead atoms. The minimum atomic E-state index is -1.63. The number of hydrogen-bond donors (Lipinski definition) is 4. The van der Waals surface area contributed by atoms with Gasteiger partial charge in [0, 0.05) is 19.3 Å². The Labute approximate surface area is 123 Å². The number of hydrogen-bond acceptors (Lipinski definition) is 7. The molecule has 120 valence electrons. The van der Waals surface area contributed by atoms with Crippen molar-refractivity contribution in [3.8, 4) is 11.8 Å². The molecule has 0 aromatic heterocycles. The van der Waals surface area contributed by atoms with Crippen LogP contribution in [-0.4, -0.2) is 63.7 Å². The van der Waals surface area contributed by atoms with E-state index < -0.39 is 36.7 Å². The molecule has 7 heteroatoms. The highest BCUT2D eigenvalue weighted by atomic mass is 16.6. The molecule has 0 radical (unpaired) electrons. The molecule has 7 nitrogen and oxygen atoms in total. The van der Waals surface area contributed by atoms with Gasteiger partial charge in [0.25, 0.3) is 0 Å². The van der Waals surface area contributed by atoms with Crippen molar-refractivity contribution < 1.29 is 34.7 Å². The lowest BCUT2D eigenvalue weighted by atomic mass is 9.99. The molecule has 1 heterocycles. The first-order valence-corrected chi connectivity index (χ1v) is 6.96. The second-order valence-corrected chi connectivity index (χ2v) is 4.78. The summed E-state index contributed by atoms with van der Waals surface area (Å²) in [6.07, 6.45) is -5.15. The standard InChI is InChI=1S/C14H22O7/c1-2-3-4-5-6-7-10(15)20-8-9-11(16)12(17)13(18)14(19)21-9/h9,11-14,16-19H,2,5-8H2,1H3/t9-,11-,12+,13-,14+/m1/s1. The SMILES string of the molecule is CCC#CCCCC(=O)OC[C@H]1O[C@H](O)[C@H](O)[C@@H](O)[C@@H]1O. The van der Waals surface area contributed by atoms with Gasteiger partial charge >= 0.3 is 5.97 Å². The van der Waals surface area contributed by atoms with Gasteiger partial charge in [-0.25, -0.2) is 0 Å². The third-order valence-corrected chi connectivity index (χ3v) is 3.08. The van der Waals surface area contributed by atoms with Crippen LogP contribution in [0.3, 0.4) is 0 Å². The molecule has 1 fully saturated rings. The van der Waals surface area contributed by atoms with Crippen LogP contribution in [0.15, 0.2) is 0 Å². The summed E-state index contributed by atoms with van der Waals surface area (Å²) in [5.41, 5.74) is 0. The van der Waals surface area contributed by atoms with E-state index in [4.69, 9.17) is 9.47 Å². The third kappa shape index (κ3) is 5.61. The molecule has 1 rings (SSSR count). The average molecular weight is 302 g/mol. The van der Waals surface area contributed by atoms with Crippen LogP contribution in [0.2, 0.25) is 0 Å². The Morgan fingerprint density at radius 3 is 2.52 bits per heavy atom. The van der Waals surface area contributed by atoms with Crippen LogP contribution in [-0.2, 0) is 14.3 Å². The molecular formula is C14H22O7. The van der Waals surface area contributed by atoms with Crippen molar-refractivity contribution in [2.75, 3.05) is 6.61 Å². The van der Waals surface area contributed by atoms with E-state index in [1.165, 1.54) is 0 Å². The number of carbonyl (C=O) groups is 1. The summed E-state index contributed by atoms with van der Waals surface area (Å²) in [6.45, 7) is 1.64. The molecule has 0 unspecified atom stereocenters. The molecule has 1 aliphatic rings. The zero-order chi connectivity index (χ0) is 15.8. The van der Waals surface area contributed by atoms with Crippen LogP contribution in [0.25, 0.3) is 0 Å². The monoisotopic (exact) mass is 302 g/mol. The number of aliphatic hydroxyl groups excluding tert-OH is 4. The maximum absolute atomic E-state index is 11.5. The predicted octanol–water partition coefficient (Wildman–Crippen LogP) is -1.09. The van der Waals surface area contributed by atoms with E-state index in [1.807, 2.05) is 6.92 Å². The molecule has 0 aromatic rings. The van der Waals surface area contributed by atoms with Crippen molar-refractivity contribution in [2.45, 2.75) is 63.3 Å². The van der Waals surface area contributed by atoms with Crippen LogP contribution in [0, 0.1) is 11.8 Å². The Hall–Kier alpha value is -1.17. The van der Waals surface area contributed by atoms with Gasteiger partial charge in [-0.3, -0.25) is 4.79 Å². The van der Waals surface area contributed by atoms with E-state index in [2.05, 4.69) is 11.8 Å². The fraction of sp³-hybridized carbons (Fsp3) is 0.786. The number of aliphatic hydroxyl groups is 4. The van der Waals surface area contributed by atoms with Gasteiger partial charge in [-0.1, -0.05) is 6.92 Å². The highest BCUT2D eigenvalue weighted by Gasteiger charge is 2.43. The van der Waals surface area contributed by atoms with E-state index >= 15 is 0 Å². The molecule has 21 heavy (non-hydrogen) atoms. The molecule has 1 saturated heterocycles. The first-order chi connectivity index (χ1) is 9.97. The Kier molecular flexibility index (Phi) is 7.64. The van der Waals surface area contributed by atoms with E-state index in [0.29, 0.717) is 12.8 Å². The number of carbonyl (C=O) groups excluding carboxylic acids is 1. The van der Waals surface area contributed by atoms with Crippen molar-refractivity contribution in [1.29, 1.82) is 0 Å². The fourth-order valence-corrected chi connectivity index (χ4v) is 1.85. The van der Waals surface area contributed by atoms with Crippen molar-refractivity contribution in [1.82, 2.24) is 0 Å². The van der Waals surface area contributed by atoms with Gasteiger partial charge in [0.15, 0.2) is 6.29 Å².